The number of carbonyl (C=O) groups is 2. The molecule has 0 aliphatic carbocycles. The van der Waals surface area contributed by atoms with E-state index in [1.54, 1.807) is 6.08 Å². The molecule has 0 aromatic rings. The van der Waals surface area contributed by atoms with E-state index >= 15 is 0 Å². The molecule has 0 radical (unpaired) electrons. The molecule has 28 heavy (non-hydrogen) atoms. The van der Waals surface area contributed by atoms with Gasteiger partial charge in [0, 0.05) is 17.9 Å². The molecular formula is C22H38K2O4. The zero-order valence-corrected chi connectivity index (χ0v) is 24.9. The van der Waals surface area contributed by atoms with Crippen LogP contribution in [0.15, 0.2) is 12.2 Å². The maximum Gasteiger partial charge on any atom is 1.00 e. The van der Waals surface area contributed by atoms with Gasteiger partial charge in [-0.2, -0.15) is 0 Å². The van der Waals surface area contributed by atoms with E-state index in [1.807, 2.05) is 6.08 Å². The van der Waals surface area contributed by atoms with Crippen LogP contribution in [-0.4, -0.2) is 11.9 Å². The minimum atomic E-state index is -1.34. The third-order valence-electron chi connectivity index (χ3n) is 4.81. The summed E-state index contributed by atoms with van der Waals surface area (Å²) in [6.45, 7) is 2.25. The standard InChI is InChI=1S/C22H40O4.2K/c1-2-3-4-5-6-7-8-9-10-11-12-13-14-15-16-17-18-20(22(25)26)19-21(23)24;;/h16-17,20H,2-15,18-19H2,1H3,(H,23,24)(H,25,26);;/q;2*+1/p-2/b17-16+;;. The fourth-order valence-corrected chi connectivity index (χ4v) is 3.12. The first kappa shape index (κ1) is 34.6. The number of allylic oxidation sites excluding steroid dienone is 2. The van der Waals surface area contributed by atoms with Crippen LogP contribution in [0.25, 0.3) is 0 Å². The Hall–Kier alpha value is 1.95. The van der Waals surface area contributed by atoms with Crippen LogP contribution >= 0.6 is 0 Å². The number of carboxylic acids is 2. The molecule has 1 unspecified atom stereocenters. The maximum atomic E-state index is 10.8. The molecule has 0 fully saturated rings. The number of hydrogen-bond acceptors (Lipinski definition) is 4. The third kappa shape index (κ3) is 26.0. The summed E-state index contributed by atoms with van der Waals surface area (Å²) < 4.78 is 0. The predicted octanol–water partition coefficient (Wildman–Crippen LogP) is -2.07. The van der Waals surface area contributed by atoms with Crippen LogP contribution in [-0.2, 0) is 9.59 Å². The first-order valence-electron chi connectivity index (χ1n) is 10.6. The van der Waals surface area contributed by atoms with E-state index in [9.17, 15) is 19.8 Å². The van der Waals surface area contributed by atoms with Gasteiger partial charge >= 0.3 is 103 Å². The number of rotatable bonds is 19. The summed E-state index contributed by atoms with van der Waals surface area (Å²) in [5.74, 6) is -3.65. The van der Waals surface area contributed by atoms with Gasteiger partial charge in [-0.3, -0.25) is 0 Å². The molecule has 6 heteroatoms. The van der Waals surface area contributed by atoms with Crippen LogP contribution < -0.4 is 113 Å². The monoisotopic (exact) mass is 444 g/mol. The zero-order chi connectivity index (χ0) is 19.5. The Labute approximate surface area is 257 Å². The summed E-state index contributed by atoms with van der Waals surface area (Å²) in [7, 11) is 0. The van der Waals surface area contributed by atoms with Crippen molar-refractivity contribution in [2.75, 3.05) is 0 Å². The second kappa shape index (κ2) is 27.0. The topological polar surface area (TPSA) is 80.3 Å². The smallest absolute Gasteiger partial charge is 0.550 e. The molecule has 0 saturated carbocycles. The van der Waals surface area contributed by atoms with Crippen LogP contribution in [0.3, 0.4) is 0 Å². The molecule has 1 atom stereocenters. The largest absolute Gasteiger partial charge is 1.00 e. The normalized spacial score (nSPS) is 11.6. The van der Waals surface area contributed by atoms with E-state index in [-0.39, 0.29) is 109 Å². The van der Waals surface area contributed by atoms with Crippen molar-refractivity contribution >= 4 is 11.9 Å². The van der Waals surface area contributed by atoms with Crippen molar-refractivity contribution in [3.63, 3.8) is 0 Å². The molecular weight excluding hydrogens is 406 g/mol. The molecule has 0 spiro atoms. The second-order valence-electron chi connectivity index (χ2n) is 7.33. The molecule has 152 valence electrons. The SMILES string of the molecule is CCCCCCCCCCCCCCC/C=C/CC(CC(=O)[O-])C(=O)[O-].[K+].[K+]. The van der Waals surface area contributed by atoms with Crippen LogP contribution in [0.4, 0.5) is 0 Å². The number of aliphatic carboxylic acids is 2. The minimum absolute atomic E-state index is 0. The van der Waals surface area contributed by atoms with Crippen LogP contribution in [0.1, 0.15) is 110 Å². The fourth-order valence-electron chi connectivity index (χ4n) is 3.12. The fraction of sp³-hybridized carbons (Fsp3) is 0.818. The number of carbonyl (C=O) groups excluding carboxylic acids is 2. The van der Waals surface area contributed by atoms with E-state index in [4.69, 9.17) is 0 Å². The average Bonchev–Trinajstić information content (AvgIpc) is 2.59. The van der Waals surface area contributed by atoms with E-state index < -0.39 is 24.3 Å². The van der Waals surface area contributed by atoms with Gasteiger partial charge in [-0.15, -0.1) is 0 Å². The Morgan fingerprint density at radius 1 is 0.714 bits per heavy atom. The number of unbranched alkanes of at least 4 members (excludes halogenated alkanes) is 13. The number of hydrogen-bond donors (Lipinski definition) is 0. The van der Waals surface area contributed by atoms with Crippen molar-refractivity contribution in [2.24, 2.45) is 5.92 Å². The summed E-state index contributed by atoms with van der Waals surface area (Å²) in [6, 6.07) is 0. The quantitative estimate of drug-likeness (QED) is 0.130. The first-order chi connectivity index (χ1) is 12.6. The minimum Gasteiger partial charge on any atom is -0.550 e. The molecule has 0 rings (SSSR count). The van der Waals surface area contributed by atoms with Crippen molar-refractivity contribution in [3.8, 4) is 0 Å². The van der Waals surface area contributed by atoms with Gasteiger partial charge in [0.15, 0.2) is 0 Å². The van der Waals surface area contributed by atoms with Crippen LogP contribution in [0.5, 0.6) is 0 Å². The van der Waals surface area contributed by atoms with Gasteiger partial charge in [-0.1, -0.05) is 96.1 Å². The van der Waals surface area contributed by atoms with Gasteiger partial charge in [0.2, 0.25) is 0 Å². The molecule has 0 aliphatic heterocycles. The van der Waals surface area contributed by atoms with E-state index in [0.29, 0.717) is 0 Å². The van der Waals surface area contributed by atoms with Crippen LogP contribution in [0, 0.1) is 5.92 Å². The molecule has 0 bridgehead atoms. The Morgan fingerprint density at radius 2 is 1.14 bits per heavy atom. The Bertz CT molecular complexity index is 387. The summed E-state index contributed by atoms with van der Waals surface area (Å²) in [5.41, 5.74) is 0. The average molecular weight is 445 g/mol. The van der Waals surface area contributed by atoms with Crippen molar-refractivity contribution in [3.05, 3.63) is 12.2 Å². The van der Waals surface area contributed by atoms with Gasteiger partial charge in [-0.25, -0.2) is 0 Å². The van der Waals surface area contributed by atoms with Gasteiger partial charge in [0.25, 0.3) is 0 Å². The molecule has 0 heterocycles. The Kier molecular flexibility index (Phi) is 33.3. The van der Waals surface area contributed by atoms with E-state index in [0.717, 1.165) is 12.8 Å². The maximum absolute atomic E-state index is 10.8. The van der Waals surface area contributed by atoms with Crippen molar-refractivity contribution in [1.82, 2.24) is 0 Å². The van der Waals surface area contributed by atoms with Crippen LogP contribution in [0.2, 0.25) is 0 Å². The number of carboxylic acid groups (broad SMARTS) is 2. The Balaban J connectivity index is -0.00000312. The molecule has 0 saturated heterocycles. The van der Waals surface area contributed by atoms with Crippen molar-refractivity contribution in [2.45, 2.75) is 110 Å². The van der Waals surface area contributed by atoms with Gasteiger partial charge < -0.3 is 19.8 Å². The van der Waals surface area contributed by atoms with Crippen molar-refractivity contribution < 1.29 is 123 Å². The summed E-state index contributed by atoms with van der Waals surface area (Å²) >= 11 is 0. The van der Waals surface area contributed by atoms with Crippen molar-refractivity contribution in [1.29, 1.82) is 0 Å². The summed E-state index contributed by atoms with van der Waals surface area (Å²) in [6.07, 6.45) is 21.6. The van der Waals surface area contributed by atoms with Gasteiger partial charge in [0.05, 0.1) is 0 Å². The third-order valence-corrected chi connectivity index (χ3v) is 4.81. The zero-order valence-electron chi connectivity index (χ0n) is 18.7. The molecule has 0 aromatic carbocycles. The Morgan fingerprint density at radius 3 is 1.54 bits per heavy atom. The second-order valence-corrected chi connectivity index (χ2v) is 7.33. The first-order valence-corrected chi connectivity index (χ1v) is 10.6. The molecule has 0 N–H and O–H groups in total. The van der Waals surface area contributed by atoms with E-state index in [1.165, 1.54) is 77.0 Å². The predicted molar refractivity (Wildman–Crippen MR) is 102 cm³/mol. The van der Waals surface area contributed by atoms with Gasteiger partial charge in [-0.05, 0) is 25.7 Å². The molecule has 0 aromatic heterocycles. The molecule has 4 nitrogen and oxygen atoms in total. The summed E-state index contributed by atoms with van der Waals surface area (Å²) in [5, 5.41) is 21.2. The van der Waals surface area contributed by atoms with Gasteiger partial charge in [0.1, 0.15) is 0 Å². The molecule has 0 aliphatic rings. The van der Waals surface area contributed by atoms with E-state index in [2.05, 4.69) is 6.92 Å². The molecule has 0 amide bonds. The summed E-state index contributed by atoms with van der Waals surface area (Å²) in [4.78, 5) is 21.2.